The van der Waals surface area contributed by atoms with Crippen molar-refractivity contribution in [1.82, 2.24) is 0 Å². The van der Waals surface area contributed by atoms with Gasteiger partial charge in [-0.25, -0.2) is 0 Å². The van der Waals surface area contributed by atoms with Gasteiger partial charge < -0.3 is 15.3 Å². The van der Waals surface area contributed by atoms with E-state index >= 15 is 0 Å². The van der Waals surface area contributed by atoms with E-state index in [4.69, 9.17) is 0 Å². The van der Waals surface area contributed by atoms with Gasteiger partial charge in [0, 0.05) is 17.5 Å². The fraction of sp³-hybridized carbons (Fsp3) is 0.524. The molecule has 0 amide bonds. The first-order valence-electron chi connectivity index (χ1n) is 8.80. The molecule has 0 saturated heterocycles. The van der Waals surface area contributed by atoms with Crippen molar-refractivity contribution in [3.05, 3.63) is 46.6 Å². The molecule has 1 atom stereocenters. The third kappa shape index (κ3) is 5.72. The number of allylic oxidation sites excluding steroid dienone is 2. The zero-order chi connectivity index (χ0) is 18.3. The second-order valence-electron chi connectivity index (χ2n) is 6.87. The lowest BCUT2D eigenvalue weighted by Crippen LogP contribution is -2.13. The van der Waals surface area contributed by atoms with Crippen LogP contribution in [0.1, 0.15) is 63.6 Å². The van der Waals surface area contributed by atoms with Gasteiger partial charge in [-0.3, -0.25) is 0 Å². The van der Waals surface area contributed by atoms with Crippen molar-refractivity contribution in [2.45, 2.75) is 72.3 Å². The van der Waals surface area contributed by atoms with Gasteiger partial charge in [0.1, 0.15) is 11.5 Å². The van der Waals surface area contributed by atoms with E-state index in [1.54, 1.807) is 13.0 Å². The van der Waals surface area contributed by atoms with Crippen molar-refractivity contribution in [2.75, 3.05) is 0 Å². The van der Waals surface area contributed by atoms with Crippen LogP contribution < -0.4 is 0 Å². The maximum absolute atomic E-state index is 10.7. The molecule has 0 aromatic heterocycles. The molecule has 3 heteroatoms. The summed E-state index contributed by atoms with van der Waals surface area (Å²) in [5, 5.41) is 31.3. The fourth-order valence-corrected chi connectivity index (χ4v) is 2.69. The van der Waals surface area contributed by atoms with Crippen molar-refractivity contribution in [2.24, 2.45) is 0 Å². The standard InChI is InChI=1S/C21H32O3/c1-6-7-8-9-16-12-20(23)17(11-10-14(2)3)21(24)18(16)13-19(22)15(4)5/h10,12,19,22-24H,4,6-9,11,13H2,1-3,5H3/t19-/m0/s1. The molecule has 0 saturated carbocycles. The lowest BCUT2D eigenvalue weighted by Gasteiger charge is -2.19. The first-order chi connectivity index (χ1) is 11.3. The van der Waals surface area contributed by atoms with Crippen molar-refractivity contribution in [1.29, 1.82) is 0 Å². The summed E-state index contributed by atoms with van der Waals surface area (Å²) < 4.78 is 0. The molecule has 1 aromatic rings. The average molecular weight is 332 g/mol. The number of phenols is 2. The van der Waals surface area contributed by atoms with Crippen LogP contribution in [0.25, 0.3) is 0 Å². The van der Waals surface area contributed by atoms with Gasteiger partial charge in [0.2, 0.25) is 0 Å². The van der Waals surface area contributed by atoms with Crippen LogP contribution in [0.2, 0.25) is 0 Å². The number of hydrogen-bond acceptors (Lipinski definition) is 3. The van der Waals surface area contributed by atoms with Crippen LogP contribution >= 0.6 is 0 Å². The Kier molecular flexibility index (Phi) is 8.06. The summed E-state index contributed by atoms with van der Waals surface area (Å²) in [7, 11) is 0. The molecule has 3 N–H and O–H groups in total. The summed E-state index contributed by atoms with van der Waals surface area (Å²) in [4.78, 5) is 0. The third-order valence-corrected chi connectivity index (χ3v) is 4.31. The summed E-state index contributed by atoms with van der Waals surface area (Å²) in [5.41, 5.74) is 3.98. The normalized spacial score (nSPS) is 12.0. The smallest absolute Gasteiger partial charge is 0.126 e. The molecule has 0 bridgehead atoms. The monoisotopic (exact) mass is 332 g/mol. The average Bonchev–Trinajstić information content (AvgIpc) is 2.50. The van der Waals surface area contributed by atoms with Crippen LogP contribution in [-0.2, 0) is 19.3 Å². The van der Waals surface area contributed by atoms with Crippen molar-refractivity contribution in [3.8, 4) is 11.5 Å². The topological polar surface area (TPSA) is 60.7 Å². The summed E-state index contributed by atoms with van der Waals surface area (Å²) >= 11 is 0. The quantitative estimate of drug-likeness (QED) is 0.449. The molecular formula is C21H32O3. The predicted molar refractivity (Wildman–Crippen MR) is 101 cm³/mol. The number of aliphatic hydroxyl groups is 1. The molecule has 1 aromatic carbocycles. The van der Waals surface area contributed by atoms with E-state index in [2.05, 4.69) is 13.5 Å². The van der Waals surface area contributed by atoms with Gasteiger partial charge in [-0.1, -0.05) is 43.6 Å². The molecule has 0 aliphatic heterocycles. The largest absolute Gasteiger partial charge is 0.508 e. The number of aromatic hydroxyl groups is 2. The summed E-state index contributed by atoms with van der Waals surface area (Å²) in [5.74, 6) is 0.240. The van der Waals surface area contributed by atoms with Crippen LogP contribution in [0.4, 0.5) is 0 Å². The highest BCUT2D eigenvalue weighted by molar-refractivity contribution is 5.54. The van der Waals surface area contributed by atoms with Crippen LogP contribution in [0.3, 0.4) is 0 Å². The third-order valence-electron chi connectivity index (χ3n) is 4.31. The van der Waals surface area contributed by atoms with Crippen molar-refractivity contribution >= 4 is 0 Å². The molecule has 0 aliphatic carbocycles. The molecule has 0 radical (unpaired) electrons. The molecule has 0 unspecified atom stereocenters. The van der Waals surface area contributed by atoms with Crippen LogP contribution in [0.15, 0.2) is 29.9 Å². The zero-order valence-electron chi connectivity index (χ0n) is 15.5. The minimum Gasteiger partial charge on any atom is -0.508 e. The Balaban J connectivity index is 3.26. The number of benzene rings is 1. The number of unbranched alkanes of at least 4 members (excludes halogenated alkanes) is 2. The minimum atomic E-state index is -0.693. The van der Waals surface area contributed by atoms with Gasteiger partial charge in [-0.15, -0.1) is 0 Å². The number of aliphatic hydroxyl groups excluding tert-OH is 1. The molecule has 0 fully saturated rings. The molecular weight excluding hydrogens is 300 g/mol. The Bertz CT molecular complexity index is 596. The van der Waals surface area contributed by atoms with E-state index < -0.39 is 6.10 Å². The SMILES string of the molecule is C=C(C)[C@@H](O)Cc1c(CCCCC)cc(O)c(CC=C(C)C)c1O. The highest BCUT2D eigenvalue weighted by Crippen LogP contribution is 2.36. The Hall–Kier alpha value is -1.74. The van der Waals surface area contributed by atoms with E-state index in [0.717, 1.165) is 42.4 Å². The van der Waals surface area contributed by atoms with Gasteiger partial charge >= 0.3 is 0 Å². The van der Waals surface area contributed by atoms with Crippen molar-refractivity contribution < 1.29 is 15.3 Å². The Morgan fingerprint density at radius 1 is 1.17 bits per heavy atom. The Labute approximate surface area is 146 Å². The van der Waals surface area contributed by atoms with Gasteiger partial charge in [0.25, 0.3) is 0 Å². The highest BCUT2D eigenvalue weighted by Gasteiger charge is 2.19. The van der Waals surface area contributed by atoms with Crippen LogP contribution in [0, 0.1) is 0 Å². The summed E-state index contributed by atoms with van der Waals surface area (Å²) in [6.07, 6.45) is 6.08. The Morgan fingerprint density at radius 3 is 2.38 bits per heavy atom. The van der Waals surface area contributed by atoms with Crippen LogP contribution in [-0.4, -0.2) is 21.4 Å². The molecule has 0 heterocycles. The molecule has 24 heavy (non-hydrogen) atoms. The number of phenolic OH excluding ortho intramolecular Hbond substituents is 2. The molecule has 1 rings (SSSR count). The molecule has 3 nitrogen and oxygen atoms in total. The second-order valence-corrected chi connectivity index (χ2v) is 6.87. The van der Waals surface area contributed by atoms with Crippen molar-refractivity contribution in [3.63, 3.8) is 0 Å². The molecule has 0 aliphatic rings. The first kappa shape index (κ1) is 20.3. The van der Waals surface area contributed by atoms with Gasteiger partial charge in [0.05, 0.1) is 6.10 Å². The first-order valence-corrected chi connectivity index (χ1v) is 8.80. The lowest BCUT2D eigenvalue weighted by atomic mass is 9.91. The number of aryl methyl sites for hydroxylation is 1. The molecule has 0 spiro atoms. The van der Waals surface area contributed by atoms with E-state index in [9.17, 15) is 15.3 Å². The van der Waals surface area contributed by atoms with E-state index in [0.29, 0.717) is 24.0 Å². The lowest BCUT2D eigenvalue weighted by molar-refractivity contribution is 0.210. The number of hydrogen-bond donors (Lipinski definition) is 3. The van der Waals surface area contributed by atoms with E-state index in [-0.39, 0.29) is 11.5 Å². The van der Waals surface area contributed by atoms with Gasteiger partial charge in [-0.2, -0.15) is 0 Å². The summed E-state index contributed by atoms with van der Waals surface area (Å²) in [6.45, 7) is 11.7. The van der Waals surface area contributed by atoms with Gasteiger partial charge in [-0.05, 0) is 51.7 Å². The zero-order valence-corrected chi connectivity index (χ0v) is 15.5. The minimum absolute atomic E-state index is 0.110. The van der Waals surface area contributed by atoms with Crippen LogP contribution in [0.5, 0.6) is 11.5 Å². The van der Waals surface area contributed by atoms with E-state index in [1.807, 2.05) is 19.9 Å². The maximum atomic E-state index is 10.7. The predicted octanol–water partition coefficient (Wildman–Crippen LogP) is 4.82. The highest BCUT2D eigenvalue weighted by atomic mass is 16.3. The second kappa shape index (κ2) is 9.53. The fourth-order valence-electron chi connectivity index (χ4n) is 2.69. The maximum Gasteiger partial charge on any atom is 0.126 e. The van der Waals surface area contributed by atoms with Gasteiger partial charge in [0.15, 0.2) is 0 Å². The summed E-state index contributed by atoms with van der Waals surface area (Å²) in [6, 6.07) is 1.75. The molecule has 134 valence electrons. The Morgan fingerprint density at radius 2 is 1.83 bits per heavy atom. The number of rotatable bonds is 9. The van der Waals surface area contributed by atoms with E-state index in [1.165, 1.54) is 0 Å².